The lowest BCUT2D eigenvalue weighted by molar-refractivity contribution is 0.0344. The van der Waals surface area contributed by atoms with Crippen LogP contribution in [0, 0.1) is 17.5 Å². The zero-order valence-corrected chi connectivity index (χ0v) is 16.5. The molecular formula is C20H13ClF3N3O4. The van der Waals surface area contributed by atoms with Gasteiger partial charge in [0, 0.05) is 18.3 Å². The van der Waals surface area contributed by atoms with Crippen molar-refractivity contribution in [1.29, 1.82) is 0 Å². The van der Waals surface area contributed by atoms with Crippen LogP contribution in [0.5, 0.6) is 0 Å². The van der Waals surface area contributed by atoms with Crippen molar-refractivity contribution < 1.29 is 27.5 Å². The number of aromatic nitrogens is 1. The summed E-state index contributed by atoms with van der Waals surface area (Å²) in [6.07, 6.45) is 0. The van der Waals surface area contributed by atoms with Crippen molar-refractivity contribution in [3.8, 4) is 0 Å². The van der Waals surface area contributed by atoms with Crippen LogP contribution >= 0.6 is 11.6 Å². The van der Waals surface area contributed by atoms with Crippen LogP contribution in [0.4, 0.5) is 23.7 Å². The molecule has 0 saturated carbocycles. The van der Waals surface area contributed by atoms with Crippen LogP contribution in [0.15, 0.2) is 35.1 Å². The summed E-state index contributed by atoms with van der Waals surface area (Å²) in [6.45, 7) is -0.292. The number of esters is 1. The lowest BCUT2D eigenvalue weighted by Crippen LogP contribution is -2.41. The summed E-state index contributed by atoms with van der Waals surface area (Å²) in [5, 5.41) is 2.11. The molecule has 1 aliphatic heterocycles. The molecule has 1 aliphatic rings. The topological polar surface area (TPSA) is 91.5 Å². The summed E-state index contributed by atoms with van der Waals surface area (Å²) in [5.41, 5.74) is -0.752. The summed E-state index contributed by atoms with van der Waals surface area (Å²) >= 11 is 5.72. The first-order valence-electron chi connectivity index (χ1n) is 8.88. The lowest BCUT2D eigenvalue weighted by Gasteiger charge is -2.33. The van der Waals surface area contributed by atoms with E-state index >= 15 is 0 Å². The normalized spacial score (nSPS) is 15.4. The number of pyridine rings is 1. The van der Waals surface area contributed by atoms with E-state index in [2.05, 4.69) is 10.3 Å². The molecule has 0 bridgehead atoms. The molecule has 2 N–H and O–H groups in total. The summed E-state index contributed by atoms with van der Waals surface area (Å²) in [4.78, 5) is 40.7. The van der Waals surface area contributed by atoms with E-state index in [0.29, 0.717) is 0 Å². The van der Waals surface area contributed by atoms with Crippen LogP contribution in [0.25, 0.3) is 10.8 Å². The van der Waals surface area contributed by atoms with Crippen LogP contribution in [0.2, 0.25) is 5.02 Å². The molecule has 2 amide bonds. The summed E-state index contributed by atoms with van der Waals surface area (Å²) in [5.74, 6) is -3.97. The van der Waals surface area contributed by atoms with E-state index in [0.717, 1.165) is 23.1 Å². The number of ether oxygens (including phenoxy) is 1. The number of amides is 2. The van der Waals surface area contributed by atoms with Gasteiger partial charge >= 0.3 is 12.0 Å². The Morgan fingerprint density at radius 3 is 2.48 bits per heavy atom. The maximum atomic E-state index is 14.0. The van der Waals surface area contributed by atoms with Gasteiger partial charge in [0.25, 0.3) is 5.56 Å². The third-order valence-electron chi connectivity index (χ3n) is 4.97. The molecule has 1 aromatic heterocycles. The summed E-state index contributed by atoms with van der Waals surface area (Å²) < 4.78 is 46.0. The minimum atomic E-state index is -1.23. The Kier molecular flexibility index (Phi) is 5.10. The fourth-order valence-electron chi connectivity index (χ4n) is 3.39. The number of hydrogen-bond acceptors (Lipinski definition) is 4. The third kappa shape index (κ3) is 3.59. The number of nitrogens with one attached hydrogen (secondary N) is 2. The number of rotatable bonds is 2. The highest BCUT2D eigenvalue weighted by Gasteiger charge is 2.35. The fourth-order valence-corrected chi connectivity index (χ4v) is 3.57. The van der Waals surface area contributed by atoms with Gasteiger partial charge in [-0.05, 0) is 35.7 Å². The number of aromatic amines is 1. The predicted octanol–water partition coefficient (Wildman–Crippen LogP) is 3.97. The van der Waals surface area contributed by atoms with Crippen molar-refractivity contribution in [2.24, 2.45) is 0 Å². The number of nitrogens with zero attached hydrogens (tertiary/aromatic N) is 1. The Labute approximate surface area is 177 Å². The molecule has 0 aliphatic carbocycles. The molecule has 0 spiro atoms. The van der Waals surface area contributed by atoms with E-state index in [1.807, 2.05) is 0 Å². The van der Waals surface area contributed by atoms with Crippen LogP contribution in [-0.4, -0.2) is 35.5 Å². The number of benzene rings is 2. The highest BCUT2D eigenvalue weighted by Crippen LogP contribution is 2.34. The Hall–Kier alpha value is -3.53. The van der Waals surface area contributed by atoms with E-state index < -0.39 is 41.1 Å². The molecule has 2 aromatic carbocycles. The van der Waals surface area contributed by atoms with Gasteiger partial charge in [-0.2, -0.15) is 0 Å². The van der Waals surface area contributed by atoms with Crippen molar-refractivity contribution in [3.05, 3.63) is 74.4 Å². The fraction of sp³-hybridized carbons (Fsp3) is 0.150. The van der Waals surface area contributed by atoms with Gasteiger partial charge in [-0.15, -0.1) is 0 Å². The second-order valence-corrected chi connectivity index (χ2v) is 7.25. The Bertz CT molecular complexity index is 1310. The molecule has 31 heavy (non-hydrogen) atoms. The minimum absolute atomic E-state index is 0.0243. The van der Waals surface area contributed by atoms with Crippen molar-refractivity contribution in [2.45, 2.75) is 6.04 Å². The molecule has 2 heterocycles. The Morgan fingerprint density at radius 1 is 1.13 bits per heavy atom. The first kappa shape index (κ1) is 20.7. The van der Waals surface area contributed by atoms with E-state index in [1.165, 1.54) is 19.2 Å². The van der Waals surface area contributed by atoms with Gasteiger partial charge in [-0.25, -0.2) is 22.8 Å². The lowest BCUT2D eigenvalue weighted by atomic mass is 9.95. The second kappa shape index (κ2) is 7.62. The average Bonchev–Trinajstić information content (AvgIpc) is 2.72. The molecule has 3 aromatic rings. The second-order valence-electron chi connectivity index (χ2n) is 6.84. The highest BCUT2D eigenvalue weighted by atomic mass is 35.5. The van der Waals surface area contributed by atoms with E-state index in [4.69, 9.17) is 16.3 Å². The zero-order chi connectivity index (χ0) is 22.4. The molecule has 160 valence electrons. The predicted molar refractivity (Wildman–Crippen MR) is 106 cm³/mol. The number of urea groups is 1. The standard InChI is InChI=1S/C20H13ClF3N3O4/c1-27(20(30)25-8-2-3-12(22)11(21)4-8)15-7-31-19(29)17-16(15)9-5-13(23)14(24)6-10(9)18(28)26-17/h2-6,15H,7H2,1H3,(H,25,30)(H,26,28). The van der Waals surface area contributed by atoms with Gasteiger partial charge < -0.3 is 19.9 Å². The number of anilines is 1. The van der Waals surface area contributed by atoms with E-state index in [-0.39, 0.29) is 39.3 Å². The molecule has 0 fully saturated rings. The number of likely N-dealkylation sites (N-methyl/N-ethyl adjacent to an activating group) is 1. The minimum Gasteiger partial charge on any atom is -0.458 e. The maximum absolute atomic E-state index is 14.0. The smallest absolute Gasteiger partial charge is 0.355 e. The van der Waals surface area contributed by atoms with Gasteiger partial charge in [0.2, 0.25) is 0 Å². The van der Waals surface area contributed by atoms with Crippen LogP contribution in [0.3, 0.4) is 0 Å². The molecule has 0 radical (unpaired) electrons. The number of cyclic esters (lactones) is 1. The summed E-state index contributed by atoms with van der Waals surface area (Å²) in [6, 6.07) is 3.49. The molecule has 4 rings (SSSR count). The summed E-state index contributed by atoms with van der Waals surface area (Å²) in [7, 11) is 1.38. The van der Waals surface area contributed by atoms with Crippen LogP contribution in [0.1, 0.15) is 22.1 Å². The number of halogens is 4. The van der Waals surface area contributed by atoms with E-state index in [9.17, 15) is 27.6 Å². The maximum Gasteiger partial charge on any atom is 0.355 e. The van der Waals surface area contributed by atoms with Gasteiger partial charge in [0.15, 0.2) is 11.6 Å². The molecule has 1 atom stereocenters. The number of H-pyrrole nitrogens is 1. The quantitative estimate of drug-likeness (QED) is 0.577. The number of hydrogen-bond donors (Lipinski definition) is 2. The van der Waals surface area contributed by atoms with Crippen molar-refractivity contribution >= 4 is 40.1 Å². The van der Waals surface area contributed by atoms with Crippen molar-refractivity contribution in [2.75, 3.05) is 19.0 Å². The van der Waals surface area contributed by atoms with E-state index in [1.54, 1.807) is 0 Å². The van der Waals surface area contributed by atoms with Gasteiger partial charge in [-0.1, -0.05) is 11.6 Å². The van der Waals surface area contributed by atoms with Crippen LogP contribution in [-0.2, 0) is 4.74 Å². The zero-order valence-electron chi connectivity index (χ0n) is 15.8. The van der Waals surface area contributed by atoms with Crippen molar-refractivity contribution in [1.82, 2.24) is 9.88 Å². The monoisotopic (exact) mass is 451 g/mol. The molecule has 11 heteroatoms. The number of fused-ring (bicyclic) bond motifs is 3. The first-order chi connectivity index (χ1) is 14.7. The Balaban J connectivity index is 1.78. The van der Waals surface area contributed by atoms with Gasteiger partial charge in [0.1, 0.15) is 18.1 Å². The third-order valence-corrected chi connectivity index (χ3v) is 5.26. The molecule has 0 saturated heterocycles. The molecule has 1 unspecified atom stereocenters. The average molecular weight is 452 g/mol. The van der Waals surface area contributed by atoms with Crippen LogP contribution < -0.4 is 10.9 Å². The SMILES string of the molecule is CN(C(=O)Nc1ccc(F)c(Cl)c1)C1COC(=O)c2[nH]c(=O)c3cc(F)c(F)cc3c21. The number of carbonyl (C=O) groups is 2. The first-order valence-corrected chi connectivity index (χ1v) is 9.26. The molecule has 7 nitrogen and oxygen atoms in total. The highest BCUT2D eigenvalue weighted by molar-refractivity contribution is 6.31. The number of carbonyl (C=O) groups excluding carboxylic acids is 2. The van der Waals surface area contributed by atoms with Gasteiger partial charge in [-0.3, -0.25) is 4.79 Å². The van der Waals surface area contributed by atoms with Crippen molar-refractivity contribution in [3.63, 3.8) is 0 Å². The van der Waals surface area contributed by atoms with Gasteiger partial charge in [0.05, 0.1) is 16.5 Å². The largest absolute Gasteiger partial charge is 0.458 e. The molecular weight excluding hydrogens is 439 g/mol. The Morgan fingerprint density at radius 2 is 1.81 bits per heavy atom.